The van der Waals surface area contributed by atoms with Crippen molar-refractivity contribution < 1.29 is 9.84 Å². The Bertz CT molecular complexity index is 432. The molecule has 1 heterocycles. The van der Waals surface area contributed by atoms with E-state index in [1.54, 1.807) is 0 Å². The number of nitrogens with zero attached hydrogens (tertiary/aromatic N) is 1. The average molecular weight is 285 g/mol. The summed E-state index contributed by atoms with van der Waals surface area (Å²) < 4.78 is 5.57. The van der Waals surface area contributed by atoms with Gasteiger partial charge < -0.3 is 20.5 Å². The highest BCUT2D eigenvalue weighted by molar-refractivity contribution is 6.33. The first-order chi connectivity index (χ1) is 9.11. The fourth-order valence-corrected chi connectivity index (χ4v) is 2.67. The van der Waals surface area contributed by atoms with Crippen molar-refractivity contribution in [3.63, 3.8) is 0 Å². The summed E-state index contributed by atoms with van der Waals surface area (Å²) in [5.41, 5.74) is 8.73. The number of hydrogen-bond acceptors (Lipinski definition) is 4. The Balaban J connectivity index is 1.99. The number of ether oxygens (including phenoxy) is 1. The molecule has 3 N–H and O–H groups in total. The largest absolute Gasteiger partial charge is 0.398 e. The molecule has 106 valence electrons. The lowest BCUT2D eigenvalue weighted by atomic mass is 10.0. The molecule has 1 aliphatic heterocycles. The molecule has 0 spiro atoms. The summed E-state index contributed by atoms with van der Waals surface area (Å²) in [5.74, 6) is 0. The number of anilines is 2. The van der Waals surface area contributed by atoms with Crippen molar-refractivity contribution in [2.45, 2.75) is 25.9 Å². The Hall–Kier alpha value is -0.970. The molecule has 2 rings (SSSR count). The van der Waals surface area contributed by atoms with E-state index in [1.807, 2.05) is 12.1 Å². The van der Waals surface area contributed by atoms with Gasteiger partial charge in [-0.15, -0.1) is 0 Å². The van der Waals surface area contributed by atoms with Crippen LogP contribution in [0.3, 0.4) is 0 Å². The lowest BCUT2D eigenvalue weighted by Gasteiger charge is -2.34. The maximum atomic E-state index is 8.76. The number of aliphatic hydroxyl groups is 1. The number of hydrogen-bond donors (Lipinski definition) is 2. The predicted octanol–water partition coefficient (Wildman–Crippen LogP) is 2.21. The van der Waals surface area contributed by atoms with Gasteiger partial charge in [-0.25, -0.2) is 0 Å². The summed E-state index contributed by atoms with van der Waals surface area (Å²) in [6, 6.07) is 3.87. The molecule has 0 radical (unpaired) electrons. The molecule has 0 aromatic heterocycles. The number of halogens is 1. The van der Waals surface area contributed by atoms with Gasteiger partial charge in [0, 0.05) is 18.8 Å². The van der Waals surface area contributed by atoms with Crippen LogP contribution in [0.4, 0.5) is 11.4 Å². The maximum Gasteiger partial charge on any atom is 0.0701 e. The molecule has 19 heavy (non-hydrogen) atoms. The zero-order chi connectivity index (χ0) is 13.8. The van der Waals surface area contributed by atoms with Gasteiger partial charge in [-0.3, -0.25) is 0 Å². The lowest BCUT2D eigenvalue weighted by Crippen LogP contribution is -2.37. The van der Waals surface area contributed by atoms with E-state index in [4.69, 9.17) is 27.2 Å². The number of rotatable bonds is 4. The number of aryl methyl sites for hydroxylation is 1. The Morgan fingerprint density at radius 2 is 2.11 bits per heavy atom. The van der Waals surface area contributed by atoms with Gasteiger partial charge in [0.25, 0.3) is 0 Å². The second kappa shape index (κ2) is 6.46. The van der Waals surface area contributed by atoms with Crippen LogP contribution in [0.5, 0.6) is 0 Å². The summed E-state index contributed by atoms with van der Waals surface area (Å²) in [4.78, 5) is 2.32. The van der Waals surface area contributed by atoms with Gasteiger partial charge in [0.15, 0.2) is 0 Å². The highest BCUT2D eigenvalue weighted by atomic mass is 35.5. The van der Waals surface area contributed by atoms with Crippen LogP contribution in [-0.2, 0) is 4.74 Å². The van der Waals surface area contributed by atoms with Crippen LogP contribution < -0.4 is 10.6 Å². The standard InChI is InChI=1S/C14H21ClN2O2/c1-10-8-13(16)12(15)9-14(10)17-4-2-11(3-5-17)19-7-6-18/h8-9,11,18H,2-7,16H2,1H3. The van der Waals surface area contributed by atoms with Gasteiger partial charge in [-0.05, 0) is 37.5 Å². The molecule has 1 saturated heterocycles. The molecule has 0 unspecified atom stereocenters. The van der Waals surface area contributed by atoms with Crippen LogP contribution in [0.15, 0.2) is 12.1 Å². The molecule has 0 aliphatic carbocycles. The Morgan fingerprint density at radius 1 is 1.42 bits per heavy atom. The van der Waals surface area contributed by atoms with E-state index >= 15 is 0 Å². The quantitative estimate of drug-likeness (QED) is 0.833. The van der Waals surface area contributed by atoms with Crippen molar-refractivity contribution in [3.05, 3.63) is 22.7 Å². The van der Waals surface area contributed by atoms with Gasteiger partial charge in [0.05, 0.1) is 30.0 Å². The lowest BCUT2D eigenvalue weighted by molar-refractivity contribution is 0.0159. The van der Waals surface area contributed by atoms with Gasteiger partial charge in [0.1, 0.15) is 0 Å². The summed E-state index contributed by atoms with van der Waals surface area (Å²) in [7, 11) is 0. The van der Waals surface area contributed by atoms with Crippen LogP contribution in [0.1, 0.15) is 18.4 Å². The normalized spacial score (nSPS) is 16.9. The van der Waals surface area contributed by atoms with Crippen molar-refractivity contribution in [3.8, 4) is 0 Å². The Kier molecular flexibility index (Phi) is 4.91. The summed E-state index contributed by atoms with van der Waals surface area (Å²) >= 11 is 6.10. The number of piperidine rings is 1. The zero-order valence-corrected chi connectivity index (χ0v) is 12.0. The molecule has 5 heteroatoms. The van der Waals surface area contributed by atoms with Crippen LogP contribution in [0.2, 0.25) is 5.02 Å². The fourth-order valence-electron chi connectivity index (χ4n) is 2.52. The van der Waals surface area contributed by atoms with E-state index in [2.05, 4.69) is 11.8 Å². The molecule has 0 saturated carbocycles. The highest BCUT2D eigenvalue weighted by Gasteiger charge is 2.21. The third-order valence-corrected chi connectivity index (χ3v) is 3.87. The Labute approximate surface area is 119 Å². The molecule has 0 bridgehead atoms. The number of benzene rings is 1. The van der Waals surface area contributed by atoms with Crippen molar-refractivity contribution in [2.75, 3.05) is 36.9 Å². The van der Waals surface area contributed by atoms with Gasteiger partial charge in [-0.2, -0.15) is 0 Å². The van der Waals surface area contributed by atoms with E-state index in [1.165, 1.54) is 0 Å². The molecular formula is C14H21ClN2O2. The molecule has 0 amide bonds. The zero-order valence-electron chi connectivity index (χ0n) is 11.2. The minimum atomic E-state index is 0.0902. The van der Waals surface area contributed by atoms with Crippen molar-refractivity contribution in [1.29, 1.82) is 0 Å². The van der Waals surface area contributed by atoms with E-state index in [-0.39, 0.29) is 12.7 Å². The molecule has 1 aromatic carbocycles. The maximum absolute atomic E-state index is 8.76. The van der Waals surface area contributed by atoms with Crippen LogP contribution in [-0.4, -0.2) is 37.5 Å². The molecule has 1 aromatic rings. The predicted molar refractivity (Wildman–Crippen MR) is 78.9 cm³/mol. The van der Waals surface area contributed by atoms with Crippen LogP contribution >= 0.6 is 11.6 Å². The first kappa shape index (κ1) is 14.4. The van der Waals surface area contributed by atoms with Crippen molar-refractivity contribution >= 4 is 23.0 Å². The first-order valence-corrected chi connectivity index (χ1v) is 7.02. The smallest absolute Gasteiger partial charge is 0.0701 e. The SMILES string of the molecule is Cc1cc(N)c(Cl)cc1N1CCC(OCCO)CC1. The van der Waals surface area contributed by atoms with Gasteiger partial charge >= 0.3 is 0 Å². The Morgan fingerprint density at radius 3 is 2.74 bits per heavy atom. The van der Waals surface area contributed by atoms with E-state index in [0.29, 0.717) is 17.3 Å². The third-order valence-electron chi connectivity index (χ3n) is 3.54. The summed E-state index contributed by atoms with van der Waals surface area (Å²) in [6.45, 7) is 4.45. The fraction of sp³-hybridized carbons (Fsp3) is 0.571. The molecule has 1 fully saturated rings. The van der Waals surface area contributed by atoms with Crippen LogP contribution in [0, 0.1) is 6.92 Å². The highest BCUT2D eigenvalue weighted by Crippen LogP contribution is 2.31. The van der Waals surface area contributed by atoms with E-state index in [0.717, 1.165) is 37.2 Å². The second-order valence-electron chi connectivity index (χ2n) is 4.94. The molecule has 4 nitrogen and oxygen atoms in total. The number of nitrogens with two attached hydrogens (primary N) is 1. The number of nitrogen functional groups attached to an aromatic ring is 1. The van der Waals surface area contributed by atoms with Gasteiger partial charge in [0.2, 0.25) is 0 Å². The summed E-state index contributed by atoms with van der Waals surface area (Å²) in [5, 5.41) is 9.37. The monoisotopic (exact) mass is 284 g/mol. The third kappa shape index (κ3) is 3.53. The van der Waals surface area contributed by atoms with Crippen molar-refractivity contribution in [2.24, 2.45) is 0 Å². The average Bonchev–Trinajstić information content (AvgIpc) is 2.41. The summed E-state index contributed by atoms with van der Waals surface area (Å²) in [6.07, 6.45) is 2.20. The molecular weight excluding hydrogens is 264 g/mol. The van der Waals surface area contributed by atoms with Gasteiger partial charge in [-0.1, -0.05) is 11.6 Å². The second-order valence-corrected chi connectivity index (χ2v) is 5.35. The topological polar surface area (TPSA) is 58.7 Å². The van der Waals surface area contributed by atoms with E-state index in [9.17, 15) is 0 Å². The van der Waals surface area contributed by atoms with Crippen LogP contribution in [0.25, 0.3) is 0 Å². The van der Waals surface area contributed by atoms with Crippen molar-refractivity contribution in [1.82, 2.24) is 0 Å². The van der Waals surface area contributed by atoms with E-state index < -0.39 is 0 Å². The molecule has 1 aliphatic rings. The molecule has 0 atom stereocenters. The minimum Gasteiger partial charge on any atom is -0.398 e. The first-order valence-electron chi connectivity index (χ1n) is 6.65. The number of aliphatic hydroxyl groups excluding tert-OH is 1. The minimum absolute atomic E-state index is 0.0902.